The van der Waals surface area contributed by atoms with Crippen LogP contribution in [-0.2, 0) is 39.9 Å². The molecular weight excluding hydrogens is 720 g/mol. The maximum atomic E-state index is 14.3. The molecule has 14 nitrogen and oxygen atoms in total. The number of aliphatic carboxylic acids is 1. The highest BCUT2D eigenvalue weighted by molar-refractivity contribution is 5.90. The molecule has 2 amide bonds. The van der Waals surface area contributed by atoms with Crippen LogP contribution in [0.5, 0.6) is 0 Å². The molecule has 14 heteroatoms. The van der Waals surface area contributed by atoms with Crippen molar-refractivity contribution in [2.75, 3.05) is 41.9 Å². The van der Waals surface area contributed by atoms with Gasteiger partial charge in [-0.3, -0.25) is 39.0 Å². The van der Waals surface area contributed by atoms with Gasteiger partial charge in [-0.2, -0.15) is 0 Å². The Kier molecular flexibility index (Phi) is 19.2. The van der Waals surface area contributed by atoms with Gasteiger partial charge in [-0.1, -0.05) is 67.0 Å². The molecule has 1 saturated heterocycles. The number of carbonyl (C=O) groups is 5. The molecular formula is C42H68N4O10. The SMILES string of the molecule is CC[C@H](C)C(C(CC(=O)N1CCCC1C(OC)C(C)C(=O)C[C@@H](Cc1ccc([N+](=O)[O-])cc1)C(=O)O)OC)N(C)C(=O)[C@@H](CC(=O)C(C(C)C)N(C)C)C(C)C. The van der Waals surface area contributed by atoms with E-state index in [2.05, 4.69) is 0 Å². The van der Waals surface area contributed by atoms with Crippen molar-refractivity contribution in [3.05, 3.63) is 39.9 Å². The number of carboxylic acid groups (broad SMARTS) is 1. The minimum absolute atomic E-state index is 0.0178. The van der Waals surface area contributed by atoms with Crippen LogP contribution in [0.15, 0.2) is 24.3 Å². The molecule has 0 aromatic heterocycles. The topological polar surface area (TPSA) is 177 Å². The Labute approximate surface area is 333 Å². The van der Waals surface area contributed by atoms with Gasteiger partial charge < -0.3 is 24.4 Å². The minimum atomic E-state index is -1.15. The molecule has 0 spiro atoms. The Bertz CT molecular complexity index is 1470. The lowest BCUT2D eigenvalue weighted by atomic mass is 9.83. The first-order chi connectivity index (χ1) is 26.2. The quantitative estimate of drug-likeness (QED) is 0.103. The number of methoxy groups -OCH3 is 2. The lowest BCUT2D eigenvalue weighted by Gasteiger charge is -2.41. The number of amides is 2. The Morgan fingerprint density at radius 3 is 1.98 bits per heavy atom. The molecule has 316 valence electrons. The fourth-order valence-corrected chi connectivity index (χ4v) is 8.52. The second kappa shape index (κ2) is 22.3. The number of nitrogens with zero attached hydrogens (tertiary/aromatic N) is 4. The number of nitro benzene ring substituents is 1. The van der Waals surface area contributed by atoms with Gasteiger partial charge in [-0.15, -0.1) is 0 Å². The summed E-state index contributed by atoms with van der Waals surface area (Å²) in [5, 5.41) is 21.0. The number of rotatable bonds is 24. The molecule has 1 heterocycles. The zero-order valence-corrected chi connectivity index (χ0v) is 35.7. The van der Waals surface area contributed by atoms with Gasteiger partial charge in [-0.25, -0.2) is 0 Å². The third-order valence-corrected chi connectivity index (χ3v) is 11.8. The maximum Gasteiger partial charge on any atom is 0.307 e. The van der Waals surface area contributed by atoms with Crippen LogP contribution >= 0.6 is 0 Å². The first-order valence-corrected chi connectivity index (χ1v) is 20.0. The highest BCUT2D eigenvalue weighted by Crippen LogP contribution is 2.32. The smallest absolute Gasteiger partial charge is 0.307 e. The molecule has 56 heavy (non-hydrogen) atoms. The summed E-state index contributed by atoms with van der Waals surface area (Å²) in [4.78, 5) is 83.7. The molecule has 0 saturated carbocycles. The monoisotopic (exact) mass is 788 g/mol. The molecule has 0 bridgehead atoms. The van der Waals surface area contributed by atoms with Gasteiger partial charge in [-0.05, 0) is 56.7 Å². The van der Waals surface area contributed by atoms with E-state index in [0.717, 1.165) is 6.42 Å². The Morgan fingerprint density at radius 2 is 1.52 bits per heavy atom. The van der Waals surface area contributed by atoms with E-state index in [1.54, 1.807) is 23.8 Å². The second-order valence-corrected chi connectivity index (χ2v) is 16.6. The Morgan fingerprint density at radius 1 is 0.911 bits per heavy atom. The Balaban J connectivity index is 2.27. The second-order valence-electron chi connectivity index (χ2n) is 16.6. The van der Waals surface area contributed by atoms with Crippen molar-refractivity contribution in [1.82, 2.24) is 14.7 Å². The average Bonchev–Trinajstić information content (AvgIpc) is 3.62. The van der Waals surface area contributed by atoms with E-state index in [1.807, 2.05) is 60.5 Å². The zero-order valence-electron chi connectivity index (χ0n) is 35.7. The van der Waals surface area contributed by atoms with E-state index >= 15 is 0 Å². The number of carboxylic acids is 1. The number of benzene rings is 1. The first kappa shape index (κ1) is 48.4. The number of likely N-dealkylation sites (tertiary alicyclic amines) is 1. The van der Waals surface area contributed by atoms with Gasteiger partial charge in [0, 0.05) is 64.6 Å². The molecule has 9 atom stereocenters. The lowest BCUT2D eigenvalue weighted by molar-refractivity contribution is -0.384. The summed E-state index contributed by atoms with van der Waals surface area (Å²) in [5.74, 6) is -4.19. The third-order valence-electron chi connectivity index (χ3n) is 11.8. The van der Waals surface area contributed by atoms with Crippen molar-refractivity contribution < 1.29 is 43.5 Å². The van der Waals surface area contributed by atoms with Crippen LogP contribution in [0.4, 0.5) is 5.69 Å². The predicted molar refractivity (Wildman–Crippen MR) is 214 cm³/mol. The molecule has 0 radical (unpaired) electrons. The van der Waals surface area contributed by atoms with Crippen LogP contribution < -0.4 is 0 Å². The number of nitro groups is 1. The van der Waals surface area contributed by atoms with E-state index in [0.29, 0.717) is 24.9 Å². The minimum Gasteiger partial charge on any atom is -0.481 e. The van der Waals surface area contributed by atoms with E-state index in [-0.39, 0.29) is 78.5 Å². The van der Waals surface area contributed by atoms with Crippen molar-refractivity contribution >= 4 is 35.0 Å². The molecule has 2 rings (SSSR count). The predicted octanol–water partition coefficient (Wildman–Crippen LogP) is 5.54. The molecule has 1 aromatic rings. The summed E-state index contributed by atoms with van der Waals surface area (Å²) >= 11 is 0. The highest BCUT2D eigenvalue weighted by Gasteiger charge is 2.43. The van der Waals surface area contributed by atoms with Crippen molar-refractivity contribution in [2.24, 2.45) is 35.5 Å². The fourth-order valence-electron chi connectivity index (χ4n) is 8.52. The van der Waals surface area contributed by atoms with E-state index in [1.165, 1.54) is 38.5 Å². The van der Waals surface area contributed by atoms with Gasteiger partial charge in [0.1, 0.15) is 5.78 Å². The molecule has 1 aliphatic heterocycles. The summed E-state index contributed by atoms with van der Waals surface area (Å²) in [6.07, 6.45) is 0.491. The summed E-state index contributed by atoms with van der Waals surface area (Å²) < 4.78 is 11.9. The number of hydrogen-bond donors (Lipinski definition) is 1. The summed E-state index contributed by atoms with van der Waals surface area (Å²) in [7, 11) is 8.51. The first-order valence-electron chi connectivity index (χ1n) is 20.0. The molecule has 1 fully saturated rings. The van der Waals surface area contributed by atoms with Gasteiger partial charge in [0.05, 0.1) is 47.6 Å². The van der Waals surface area contributed by atoms with Crippen LogP contribution in [0.1, 0.15) is 92.6 Å². The maximum absolute atomic E-state index is 14.3. The molecule has 1 N–H and O–H groups in total. The summed E-state index contributed by atoms with van der Waals surface area (Å²) in [5.41, 5.74) is 0.451. The standard InChI is InChI=1S/C42H68N4O10/c1-13-27(6)39(44(10)41(50)32(25(2)3)23-35(48)38(26(4)5)43(8)9)36(55-11)24-37(49)45-20-14-15-33(45)40(56-12)28(7)34(47)22-30(42(51)52)21-29-16-18-31(19-17-29)46(53)54/h16-19,25-28,30,32-33,36,38-40H,13-15,20-24H2,1-12H3,(H,51,52)/t27-,28?,30+,32-,33?,36?,38?,39?,40?/m0/s1. The normalized spacial score (nSPS) is 18.9. The third kappa shape index (κ3) is 12.6. The van der Waals surface area contributed by atoms with Gasteiger partial charge >= 0.3 is 5.97 Å². The van der Waals surface area contributed by atoms with Crippen molar-refractivity contribution in [3.8, 4) is 0 Å². The Hall–Kier alpha value is -3.75. The molecule has 1 aromatic carbocycles. The van der Waals surface area contributed by atoms with E-state index in [4.69, 9.17) is 9.47 Å². The van der Waals surface area contributed by atoms with Crippen LogP contribution in [0.2, 0.25) is 0 Å². The van der Waals surface area contributed by atoms with E-state index < -0.39 is 52.9 Å². The number of Topliss-reactive ketones (excluding diaryl/α,β-unsaturated/α-hetero) is 2. The molecule has 1 aliphatic rings. The number of likely N-dealkylation sites (N-methyl/N-ethyl adjacent to an activating group) is 2. The van der Waals surface area contributed by atoms with Crippen LogP contribution in [0.3, 0.4) is 0 Å². The van der Waals surface area contributed by atoms with Crippen LogP contribution in [-0.4, -0.2) is 126 Å². The fraction of sp³-hybridized carbons (Fsp3) is 0.738. The lowest BCUT2D eigenvalue weighted by Crippen LogP contribution is -2.54. The van der Waals surface area contributed by atoms with Crippen molar-refractivity contribution in [1.29, 1.82) is 0 Å². The van der Waals surface area contributed by atoms with Gasteiger partial charge in [0.25, 0.3) is 5.69 Å². The van der Waals surface area contributed by atoms with Crippen molar-refractivity contribution in [2.45, 2.75) is 124 Å². The van der Waals surface area contributed by atoms with Gasteiger partial charge in [0.15, 0.2) is 5.78 Å². The van der Waals surface area contributed by atoms with Crippen molar-refractivity contribution in [3.63, 3.8) is 0 Å². The zero-order chi connectivity index (χ0) is 42.6. The van der Waals surface area contributed by atoms with E-state index in [9.17, 15) is 39.2 Å². The van der Waals surface area contributed by atoms with Crippen LogP contribution in [0, 0.1) is 45.6 Å². The largest absolute Gasteiger partial charge is 0.481 e. The molecule has 0 aliphatic carbocycles. The van der Waals surface area contributed by atoms with Gasteiger partial charge in [0.2, 0.25) is 11.8 Å². The highest BCUT2D eigenvalue weighted by atomic mass is 16.6. The number of hydrogen-bond acceptors (Lipinski definition) is 10. The summed E-state index contributed by atoms with van der Waals surface area (Å²) in [6, 6.07) is 4.38. The number of non-ortho nitro benzene ring substituents is 1. The number of ether oxygens (including phenoxy) is 2. The average molecular weight is 789 g/mol. The number of carbonyl (C=O) groups excluding carboxylic acids is 4. The molecule has 6 unspecified atom stereocenters. The van der Waals surface area contributed by atoms with Crippen LogP contribution in [0.25, 0.3) is 0 Å². The summed E-state index contributed by atoms with van der Waals surface area (Å²) in [6.45, 7) is 14.1. The number of ketones is 2.